The summed E-state index contributed by atoms with van der Waals surface area (Å²) in [7, 11) is 0. The third kappa shape index (κ3) is 4.21. The van der Waals surface area contributed by atoms with Crippen molar-refractivity contribution in [2.75, 3.05) is 6.61 Å². The summed E-state index contributed by atoms with van der Waals surface area (Å²) in [6.07, 6.45) is 4.74. The number of carboxylic acids is 1. The van der Waals surface area contributed by atoms with Gasteiger partial charge in [0.05, 0.1) is 18.6 Å². The summed E-state index contributed by atoms with van der Waals surface area (Å²) >= 11 is 0. The zero-order valence-electron chi connectivity index (χ0n) is 13.3. The first-order valence-electron chi connectivity index (χ1n) is 8.10. The highest BCUT2D eigenvalue weighted by molar-refractivity contribution is 5.72. The molecule has 0 aliphatic carbocycles. The summed E-state index contributed by atoms with van der Waals surface area (Å²) in [5.41, 5.74) is 7.03. The maximum Gasteiger partial charge on any atom is 0.310 e. The molecule has 1 fully saturated rings. The highest BCUT2D eigenvalue weighted by Crippen LogP contribution is 2.29. The average Bonchev–Trinajstić information content (AvgIpc) is 2.89. The predicted molar refractivity (Wildman–Crippen MR) is 85.7 cm³/mol. The van der Waals surface area contributed by atoms with Gasteiger partial charge in [0.2, 0.25) is 0 Å². The van der Waals surface area contributed by atoms with Gasteiger partial charge >= 0.3 is 5.97 Å². The molecule has 0 amide bonds. The first-order valence-corrected chi connectivity index (χ1v) is 8.10. The van der Waals surface area contributed by atoms with Gasteiger partial charge in [-0.1, -0.05) is 38.3 Å². The molecular formula is C17H26N2O3. The summed E-state index contributed by atoms with van der Waals surface area (Å²) in [4.78, 5) is 11.4. The maximum atomic E-state index is 11.4. The molecule has 0 radical (unpaired) electrons. The summed E-state index contributed by atoms with van der Waals surface area (Å²) in [6.45, 7) is 4.80. The van der Waals surface area contributed by atoms with Crippen molar-refractivity contribution >= 4 is 5.97 Å². The number of carboxylic acid groups (broad SMARTS) is 1. The van der Waals surface area contributed by atoms with Crippen molar-refractivity contribution < 1.29 is 14.6 Å². The van der Waals surface area contributed by atoms with E-state index in [-0.39, 0.29) is 12.1 Å². The van der Waals surface area contributed by atoms with Crippen LogP contribution in [-0.2, 0) is 4.79 Å². The van der Waals surface area contributed by atoms with E-state index in [0.29, 0.717) is 0 Å². The molecule has 3 unspecified atom stereocenters. The van der Waals surface area contributed by atoms with Gasteiger partial charge in [0, 0.05) is 6.04 Å². The molecule has 1 heterocycles. The molecule has 1 saturated heterocycles. The van der Waals surface area contributed by atoms with Crippen molar-refractivity contribution in [3.8, 4) is 5.75 Å². The van der Waals surface area contributed by atoms with Gasteiger partial charge < -0.3 is 9.84 Å². The summed E-state index contributed by atoms with van der Waals surface area (Å²) in [5, 5.41) is 9.35. The van der Waals surface area contributed by atoms with Crippen molar-refractivity contribution in [2.24, 2.45) is 5.92 Å². The van der Waals surface area contributed by atoms with E-state index in [1.165, 1.54) is 19.3 Å². The number of hydrazine groups is 1. The van der Waals surface area contributed by atoms with Crippen molar-refractivity contribution in [3.63, 3.8) is 0 Å². The van der Waals surface area contributed by atoms with Crippen molar-refractivity contribution in [1.29, 1.82) is 0 Å². The Morgan fingerprint density at radius 3 is 2.55 bits per heavy atom. The van der Waals surface area contributed by atoms with Gasteiger partial charge in [-0.3, -0.25) is 10.2 Å². The number of unbranched alkanes of at least 4 members (excludes halogenated alkanes) is 3. The van der Waals surface area contributed by atoms with Gasteiger partial charge in [-0.25, -0.2) is 5.43 Å². The SMILES string of the molecule is CCCCCCOc1ccc(C2NNC(C)C2C(=O)O)cc1. The summed E-state index contributed by atoms with van der Waals surface area (Å²) in [6, 6.07) is 7.39. The van der Waals surface area contributed by atoms with Crippen LogP contribution >= 0.6 is 0 Å². The van der Waals surface area contributed by atoms with E-state index in [1.54, 1.807) is 0 Å². The molecule has 22 heavy (non-hydrogen) atoms. The molecule has 3 N–H and O–H groups in total. The van der Waals surface area contributed by atoms with E-state index in [1.807, 2.05) is 31.2 Å². The fourth-order valence-electron chi connectivity index (χ4n) is 2.83. The number of rotatable bonds is 8. The van der Waals surface area contributed by atoms with Crippen LogP contribution in [0.15, 0.2) is 24.3 Å². The Morgan fingerprint density at radius 1 is 1.18 bits per heavy atom. The smallest absolute Gasteiger partial charge is 0.310 e. The van der Waals surface area contributed by atoms with E-state index >= 15 is 0 Å². The second-order valence-electron chi connectivity index (χ2n) is 5.90. The number of ether oxygens (including phenoxy) is 1. The van der Waals surface area contributed by atoms with Crippen molar-refractivity contribution in [1.82, 2.24) is 10.9 Å². The Morgan fingerprint density at radius 2 is 1.91 bits per heavy atom. The maximum absolute atomic E-state index is 11.4. The summed E-state index contributed by atoms with van der Waals surface area (Å²) < 4.78 is 5.71. The lowest BCUT2D eigenvalue weighted by molar-refractivity contribution is -0.142. The molecule has 1 aromatic rings. The van der Waals surface area contributed by atoms with E-state index in [9.17, 15) is 9.90 Å². The standard InChI is InChI=1S/C17H26N2O3/c1-3-4-5-6-11-22-14-9-7-13(8-10-14)16-15(17(20)21)12(2)18-19-16/h7-10,12,15-16,18-19H,3-6,11H2,1-2H3,(H,20,21). The number of aliphatic carboxylic acids is 1. The number of hydrogen-bond donors (Lipinski definition) is 3. The molecule has 0 bridgehead atoms. The van der Waals surface area contributed by atoms with Crippen LogP contribution in [0.1, 0.15) is 51.1 Å². The normalized spacial score (nSPS) is 24.4. The Hall–Kier alpha value is -1.59. The monoisotopic (exact) mass is 306 g/mol. The highest BCUT2D eigenvalue weighted by atomic mass is 16.5. The van der Waals surface area contributed by atoms with Gasteiger partial charge in [0.15, 0.2) is 0 Å². The lowest BCUT2D eigenvalue weighted by Gasteiger charge is -2.17. The molecule has 122 valence electrons. The lowest BCUT2D eigenvalue weighted by atomic mass is 9.90. The van der Waals surface area contributed by atoms with E-state index in [4.69, 9.17) is 4.74 Å². The molecule has 5 nitrogen and oxygen atoms in total. The van der Waals surface area contributed by atoms with Crippen LogP contribution in [0.25, 0.3) is 0 Å². The van der Waals surface area contributed by atoms with Crippen LogP contribution in [0, 0.1) is 5.92 Å². The topological polar surface area (TPSA) is 70.6 Å². The minimum Gasteiger partial charge on any atom is -0.494 e. The second kappa shape index (κ2) is 8.15. The molecule has 1 aromatic carbocycles. The first-order chi connectivity index (χ1) is 10.6. The van der Waals surface area contributed by atoms with Crippen LogP contribution in [0.3, 0.4) is 0 Å². The van der Waals surface area contributed by atoms with Crippen LogP contribution in [0.4, 0.5) is 0 Å². The third-order valence-electron chi connectivity index (χ3n) is 4.16. The lowest BCUT2D eigenvalue weighted by Crippen LogP contribution is -2.30. The zero-order chi connectivity index (χ0) is 15.9. The van der Waals surface area contributed by atoms with Gasteiger partial charge in [0.1, 0.15) is 5.75 Å². The fraction of sp³-hybridized carbons (Fsp3) is 0.588. The number of hydrogen-bond acceptors (Lipinski definition) is 4. The zero-order valence-corrected chi connectivity index (χ0v) is 13.3. The number of carbonyl (C=O) groups is 1. The van der Waals surface area contributed by atoms with Crippen LogP contribution in [0.2, 0.25) is 0 Å². The summed E-state index contributed by atoms with van der Waals surface area (Å²) in [5.74, 6) is -0.418. The van der Waals surface area contributed by atoms with Crippen LogP contribution in [0.5, 0.6) is 5.75 Å². The van der Waals surface area contributed by atoms with Crippen LogP contribution < -0.4 is 15.6 Å². The van der Waals surface area contributed by atoms with E-state index in [2.05, 4.69) is 17.8 Å². The average molecular weight is 306 g/mol. The van der Waals surface area contributed by atoms with E-state index < -0.39 is 11.9 Å². The van der Waals surface area contributed by atoms with Gasteiger partial charge in [-0.2, -0.15) is 0 Å². The molecule has 5 heteroatoms. The Balaban J connectivity index is 1.90. The predicted octanol–water partition coefficient (Wildman–Crippen LogP) is 2.88. The molecule has 0 aromatic heterocycles. The van der Waals surface area contributed by atoms with Crippen LogP contribution in [-0.4, -0.2) is 23.7 Å². The fourth-order valence-corrected chi connectivity index (χ4v) is 2.83. The largest absolute Gasteiger partial charge is 0.494 e. The number of nitrogens with one attached hydrogen (secondary N) is 2. The second-order valence-corrected chi connectivity index (χ2v) is 5.90. The molecule has 3 atom stereocenters. The Kier molecular flexibility index (Phi) is 6.21. The number of benzene rings is 1. The first kappa shape index (κ1) is 16.8. The highest BCUT2D eigenvalue weighted by Gasteiger charge is 2.39. The minimum absolute atomic E-state index is 0.100. The quantitative estimate of drug-likeness (QED) is 0.644. The Bertz CT molecular complexity index is 475. The molecular weight excluding hydrogens is 280 g/mol. The minimum atomic E-state index is -0.786. The molecule has 0 spiro atoms. The molecule has 0 saturated carbocycles. The van der Waals surface area contributed by atoms with Gasteiger partial charge in [-0.05, 0) is 31.0 Å². The van der Waals surface area contributed by atoms with Crippen molar-refractivity contribution in [3.05, 3.63) is 29.8 Å². The van der Waals surface area contributed by atoms with Gasteiger partial charge in [-0.15, -0.1) is 0 Å². The molecule has 1 aliphatic rings. The van der Waals surface area contributed by atoms with Crippen molar-refractivity contribution in [2.45, 2.75) is 51.6 Å². The Labute approximate surface area is 132 Å². The third-order valence-corrected chi connectivity index (χ3v) is 4.16. The van der Waals surface area contributed by atoms with E-state index in [0.717, 1.165) is 24.3 Å². The van der Waals surface area contributed by atoms with Gasteiger partial charge in [0.25, 0.3) is 0 Å². The molecule has 1 aliphatic heterocycles. The molecule has 2 rings (SSSR count).